The predicted molar refractivity (Wildman–Crippen MR) is 121 cm³/mol. The van der Waals surface area contributed by atoms with Crippen LogP contribution < -0.4 is 0 Å². The Hall–Kier alpha value is -2.17. The highest BCUT2D eigenvalue weighted by molar-refractivity contribution is 6.01. The van der Waals surface area contributed by atoms with Crippen molar-refractivity contribution in [1.82, 2.24) is 0 Å². The number of rotatable bonds is 4. The minimum Gasteiger partial charge on any atom is -0.466 e. The molecule has 0 aliphatic heterocycles. The largest absolute Gasteiger partial charge is 0.466 e. The molecule has 32 heavy (non-hydrogen) atoms. The highest BCUT2D eigenvalue weighted by atomic mass is 16.5. The van der Waals surface area contributed by atoms with Crippen LogP contribution in [0, 0.1) is 40.4 Å². The molecule has 5 heteroatoms. The summed E-state index contributed by atoms with van der Waals surface area (Å²) in [6.45, 7) is 8.28. The van der Waals surface area contributed by atoms with Crippen molar-refractivity contribution in [3.8, 4) is 0 Å². The lowest BCUT2D eigenvalue weighted by molar-refractivity contribution is -0.172. The topological polar surface area (TPSA) is 69.7 Å². The Morgan fingerprint density at radius 3 is 2.66 bits per heavy atom. The van der Waals surface area contributed by atoms with Gasteiger partial charge < -0.3 is 9.47 Å². The van der Waals surface area contributed by atoms with Crippen LogP contribution in [-0.4, -0.2) is 30.9 Å². The second kappa shape index (κ2) is 8.31. The van der Waals surface area contributed by atoms with E-state index in [1.54, 1.807) is 12.2 Å². The summed E-state index contributed by atoms with van der Waals surface area (Å²) in [6, 6.07) is 0. The van der Waals surface area contributed by atoms with Crippen LogP contribution in [0.1, 0.15) is 59.8 Å². The lowest BCUT2D eigenvalue weighted by Crippen LogP contribution is -2.57. The van der Waals surface area contributed by atoms with Gasteiger partial charge in [-0.25, -0.2) is 4.79 Å². The maximum Gasteiger partial charge on any atom is 0.330 e. The number of esters is 2. The third-order valence-corrected chi connectivity index (χ3v) is 9.23. The van der Waals surface area contributed by atoms with Crippen molar-refractivity contribution in [3.63, 3.8) is 0 Å². The fraction of sp³-hybridized carbons (Fsp3) is 0.667. The molecular weight excluding hydrogens is 404 g/mol. The van der Waals surface area contributed by atoms with Gasteiger partial charge in [0.1, 0.15) is 6.10 Å². The lowest BCUT2D eigenvalue weighted by atomic mass is 9.46. The Balaban J connectivity index is 1.69. The summed E-state index contributed by atoms with van der Waals surface area (Å²) in [6.07, 6.45) is 14.0. The summed E-state index contributed by atoms with van der Waals surface area (Å²) >= 11 is 0. The van der Waals surface area contributed by atoms with Crippen LogP contribution in [0.3, 0.4) is 0 Å². The highest BCUT2D eigenvalue weighted by Crippen LogP contribution is 2.67. The summed E-state index contributed by atoms with van der Waals surface area (Å²) in [7, 11) is 1.40. The molecule has 174 valence electrons. The zero-order valence-electron chi connectivity index (χ0n) is 19.9. The van der Waals surface area contributed by atoms with E-state index in [9.17, 15) is 14.4 Å². The minimum absolute atomic E-state index is 0.0347. The fourth-order valence-corrected chi connectivity index (χ4v) is 7.95. The van der Waals surface area contributed by atoms with Crippen LogP contribution in [0.15, 0.2) is 36.0 Å². The number of hydrogen-bond donors (Lipinski definition) is 0. The summed E-state index contributed by atoms with van der Waals surface area (Å²) in [5.74, 6) is 1.33. The van der Waals surface area contributed by atoms with Crippen molar-refractivity contribution in [3.05, 3.63) is 36.0 Å². The maximum atomic E-state index is 12.2. The van der Waals surface area contributed by atoms with E-state index in [0.29, 0.717) is 17.8 Å². The Labute approximate surface area is 191 Å². The van der Waals surface area contributed by atoms with E-state index >= 15 is 0 Å². The number of allylic oxidation sites excluding steroid dienone is 5. The third kappa shape index (κ3) is 3.68. The van der Waals surface area contributed by atoms with E-state index in [1.165, 1.54) is 19.6 Å². The molecule has 0 radical (unpaired) electrons. The van der Waals surface area contributed by atoms with E-state index in [-0.39, 0.29) is 46.5 Å². The first-order valence-corrected chi connectivity index (χ1v) is 12.0. The van der Waals surface area contributed by atoms with E-state index in [2.05, 4.69) is 26.8 Å². The van der Waals surface area contributed by atoms with Crippen molar-refractivity contribution in [2.45, 2.75) is 65.9 Å². The van der Waals surface area contributed by atoms with Gasteiger partial charge in [0.15, 0.2) is 5.78 Å². The molecule has 3 fully saturated rings. The molecule has 4 aliphatic rings. The lowest BCUT2D eigenvalue weighted by Gasteiger charge is -2.59. The van der Waals surface area contributed by atoms with Crippen LogP contribution in [0.25, 0.3) is 0 Å². The molecule has 0 unspecified atom stereocenters. The standard InChI is InChI=1S/C27H36O5/c1-16(6-11-24(30)31-5)21-9-10-22-20-8-7-18-14-19(29)12-13-26(18,3)25(20)23(32-17(2)28)15-27(21,22)4/h6,11-14,16,20-23,25H,7-10,15H2,1-5H3/b11-6+/t16-,20+,21-,22+,23-,25-,26+,27-/m1/s1. The van der Waals surface area contributed by atoms with Crippen LogP contribution in [0.5, 0.6) is 0 Å². The Bertz CT molecular complexity index is 898. The molecule has 0 aromatic heterocycles. The molecule has 3 saturated carbocycles. The average molecular weight is 441 g/mol. The van der Waals surface area contributed by atoms with Crippen LogP contribution in [-0.2, 0) is 23.9 Å². The van der Waals surface area contributed by atoms with Crippen molar-refractivity contribution in [2.75, 3.05) is 7.11 Å². The zero-order valence-corrected chi connectivity index (χ0v) is 19.9. The Morgan fingerprint density at radius 2 is 1.97 bits per heavy atom. The molecule has 5 nitrogen and oxygen atoms in total. The van der Waals surface area contributed by atoms with Gasteiger partial charge in [-0.05, 0) is 73.3 Å². The third-order valence-electron chi connectivity index (χ3n) is 9.23. The number of carbonyl (C=O) groups is 3. The molecule has 0 aromatic rings. The molecule has 4 rings (SSSR count). The van der Waals surface area contributed by atoms with Crippen molar-refractivity contribution in [2.24, 2.45) is 40.4 Å². The fourth-order valence-electron chi connectivity index (χ4n) is 7.95. The van der Waals surface area contributed by atoms with E-state index in [4.69, 9.17) is 9.47 Å². The number of methoxy groups -OCH3 is 1. The Morgan fingerprint density at radius 1 is 1.22 bits per heavy atom. The molecule has 0 bridgehead atoms. The average Bonchev–Trinajstić information content (AvgIpc) is 3.08. The summed E-state index contributed by atoms with van der Waals surface area (Å²) in [4.78, 5) is 35.9. The van der Waals surface area contributed by atoms with Gasteiger partial charge in [0.2, 0.25) is 0 Å². The quantitative estimate of drug-likeness (QED) is 0.463. The van der Waals surface area contributed by atoms with Gasteiger partial charge in [-0.3, -0.25) is 9.59 Å². The predicted octanol–water partition coefficient (Wildman–Crippen LogP) is 4.82. The number of hydrogen-bond acceptors (Lipinski definition) is 5. The smallest absolute Gasteiger partial charge is 0.330 e. The molecule has 0 N–H and O–H groups in total. The highest BCUT2D eigenvalue weighted by Gasteiger charge is 2.63. The molecule has 0 amide bonds. The monoisotopic (exact) mass is 440 g/mol. The van der Waals surface area contributed by atoms with Gasteiger partial charge in [-0.2, -0.15) is 0 Å². The van der Waals surface area contributed by atoms with Gasteiger partial charge in [0.05, 0.1) is 7.11 Å². The SMILES string of the molecule is COC(=O)/C=C/[C@@H](C)[C@H]1CC[C@H]2[C@@H]3CCC4=CC(=O)C=C[C@]4(C)[C@H]3[C@H](OC(C)=O)C[C@]12C. The van der Waals surface area contributed by atoms with Gasteiger partial charge in [0.25, 0.3) is 0 Å². The number of fused-ring (bicyclic) bond motifs is 5. The van der Waals surface area contributed by atoms with Crippen LogP contribution in [0.2, 0.25) is 0 Å². The second-order valence-corrected chi connectivity index (χ2v) is 10.8. The van der Waals surface area contributed by atoms with Crippen molar-refractivity contribution in [1.29, 1.82) is 0 Å². The Kier molecular flexibility index (Phi) is 5.98. The van der Waals surface area contributed by atoms with Crippen molar-refractivity contribution < 1.29 is 23.9 Å². The second-order valence-electron chi connectivity index (χ2n) is 10.8. The van der Waals surface area contributed by atoms with Gasteiger partial charge >= 0.3 is 11.9 Å². The zero-order chi connectivity index (χ0) is 23.3. The number of ketones is 1. The number of carbonyl (C=O) groups excluding carboxylic acids is 3. The molecule has 0 spiro atoms. The van der Waals surface area contributed by atoms with Gasteiger partial charge in [-0.15, -0.1) is 0 Å². The molecule has 8 atom stereocenters. The summed E-state index contributed by atoms with van der Waals surface area (Å²) < 4.78 is 10.8. The first kappa shape index (κ1) is 23.0. The molecule has 0 saturated heterocycles. The van der Waals surface area contributed by atoms with Crippen LogP contribution in [0.4, 0.5) is 0 Å². The number of ether oxygens (including phenoxy) is 2. The van der Waals surface area contributed by atoms with E-state index in [1.807, 2.05) is 12.2 Å². The minimum atomic E-state index is -0.323. The van der Waals surface area contributed by atoms with Gasteiger partial charge in [0, 0.05) is 24.3 Å². The normalized spacial score (nSPS) is 41.3. The first-order valence-electron chi connectivity index (χ1n) is 12.0. The van der Waals surface area contributed by atoms with Crippen LogP contribution >= 0.6 is 0 Å². The summed E-state index contributed by atoms with van der Waals surface area (Å²) in [5.41, 5.74) is 0.982. The molecule has 4 aliphatic carbocycles. The van der Waals surface area contributed by atoms with Crippen molar-refractivity contribution >= 4 is 17.7 Å². The molecule has 0 heterocycles. The molecule has 0 aromatic carbocycles. The summed E-state index contributed by atoms with van der Waals surface area (Å²) in [5, 5.41) is 0. The van der Waals surface area contributed by atoms with E-state index < -0.39 is 0 Å². The first-order chi connectivity index (χ1) is 15.1. The van der Waals surface area contributed by atoms with E-state index in [0.717, 1.165) is 32.1 Å². The van der Waals surface area contributed by atoms with Gasteiger partial charge in [-0.1, -0.05) is 38.5 Å². The maximum absolute atomic E-state index is 12.2. The molecular formula is C27H36O5.